The summed E-state index contributed by atoms with van der Waals surface area (Å²) in [5.74, 6) is 0. The normalized spacial score (nSPS) is 12.4. The van der Waals surface area contributed by atoms with Crippen molar-refractivity contribution in [2.75, 3.05) is 13.2 Å². The van der Waals surface area contributed by atoms with Gasteiger partial charge in [0.1, 0.15) is 0 Å². The molecule has 0 aliphatic heterocycles. The Morgan fingerprint density at radius 1 is 1.00 bits per heavy atom. The van der Waals surface area contributed by atoms with E-state index in [1.807, 2.05) is 24.7 Å². The fraction of sp³-hybridized carbons (Fsp3) is 0.609. The van der Waals surface area contributed by atoms with E-state index in [0.717, 1.165) is 24.0 Å². The molecular formula is C23H35BrN2O2. The van der Waals surface area contributed by atoms with Crippen LogP contribution in [-0.2, 0) is 22.6 Å². The molecule has 5 heteroatoms. The minimum atomic E-state index is 0.0502. The van der Waals surface area contributed by atoms with Crippen LogP contribution in [0.3, 0.4) is 0 Å². The van der Waals surface area contributed by atoms with Gasteiger partial charge in [-0.25, -0.2) is 4.98 Å². The number of hydrogen-bond acceptors (Lipinski definition) is 3. The molecule has 156 valence electrons. The molecule has 0 amide bonds. The molecule has 0 fully saturated rings. The minimum Gasteiger partial charge on any atom is -0.374 e. The number of unbranched alkanes of at least 4 members (excludes halogenated alkanes) is 7. The van der Waals surface area contributed by atoms with Crippen molar-refractivity contribution in [3.05, 3.63) is 53.0 Å². The summed E-state index contributed by atoms with van der Waals surface area (Å²) in [5.41, 5.74) is 1.17. The fourth-order valence-corrected chi connectivity index (χ4v) is 3.42. The van der Waals surface area contributed by atoms with Crippen LogP contribution >= 0.6 is 15.9 Å². The Morgan fingerprint density at radius 2 is 1.71 bits per heavy atom. The molecule has 0 bridgehead atoms. The van der Waals surface area contributed by atoms with Crippen LogP contribution in [-0.4, -0.2) is 28.9 Å². The third-order valence-corrected chi connectivity index (χ3v) is 5.34. The highest BCUT2D eigenvalue weighted by molar-refractivity contribution is 9.10. The molecule has 0 N–H and O–H groups in total. The summed E-state index contributed by atoms with van der Waals surface area (Å²) in [6, 6.07) is 8.24. The molecule has 1 heterocycles. The van der Waals surface area contributed by atoms with E-state index in [1.54, 1.807) is 6.20 Å². The average molecular weight is 451 g/mol. The van der Waals surface area contributed by atoms with Gasteiger partial charge in [-0.05, 0) is 24.1 Å². The van der Waals surface area contributed by atoms with Gasteiger partial charge >= 0.3 is 0 Å². The standard InChI is InChI=1S/C23H35BrN2O2/c1-2-3-4-5-6-7-8-9-16-28-23(17-26-15-14-25-20-26)19-27-18-21-10-12-22(24)13-11-21/h10-15,20,23H,2-9,16-19H2,1H3. The average Bonchev–Trinajstić information content (AvgIpc) is 3.21. The Hall–Kier alpha value is -1.17. The van der Waals surface area contributed by atoms with E-state index in [4.69, 9.17) is 9.47 Å². The Morgan fingerprint density at radius 3 is 2.39 bits per heavy atom. The largest absolute Gasteiger partial charge is 0.374 e. The van der Waals surface area contributed by atoms with Gasteiger partial charge in [0.2, 0.25) is 0 Å². The number of halogens is 1. The van der Waals surface area contributed by atoms with Crippen LogP contribution in [0.4, 0.5) is 0 Å². The lowest BCUT2D eigenvalue weighted by Gasteiger charge is -2.19. The van der Waals surface area contributed by atoms with Crippen LogP contribution in [0.25, 0.3) is 0 Å². The first-order valence-corrected chi connectivity index (χ1v) is 11.5. The molecule has 1 atom stereocenters. The summed E-state index contributed by atoms with van der Waals surface area (Å²) in [4.78, 5) is 4.12. The monoisotopic (exact) mass is 450 g/mol. The summed E-state index contributed by atoms with van der Waals surface area (Å²) >= 11 is 3.46. The Labute approximate surface area is 178 Å². The van der Waals surface area contributed by atoms with E-state index in [1.165, 1.54) is 50.5 Å². The van der Waals surface area contributed by atoms with Gasteiger partial charge in [0, 0.05) is 23.5 Å². The van der Waals surface area contributed by atoms with Crippen molar-refractivity contribution in [1.82, 2.24) is 9.55 Å². The van der Waals surface area contributed by atoms with Gasteiger partial charge in [-0.15, -0.1) is 0 Å². The molecular weight excluding hydrogens is 416 g/mol. The first kappa shape index (κ1) is 23.1. The molecule has 0 aliphatic rings. The van der Waals surface area contributed by atoms with Crippen molar-refractivity contribution in [1.29, 1.82) is 0 Å². The van der Waals surface area contributed by atoms with Crippen molar-refractivity contribution in [3.8, 4) is 0 Å². The van der Waals surface area contributed by atoms with Crippen LogP contribution in [0.2, 0.25) is 0 Å². The number of imidazole rings is 1. The Bertz CT molecular complexity index is 602. The molecule has 4 nitrogen and oxygen atoms in total. The number of rotatable bonds is 16. The van der Waals surface area contributed by atoms with Gasteiger partial charge in [0.05, 0.1) is 32.2 Å². The Balaban J connectivity index is 1.63. The van der Waals surface area contributed by atoms with Crippen LogP contribution in [0, 0.1) is 0 Å². The van der Waals surface area contributed by atoms with E-state index in [0.29, 0.717) is 13.2 Å². The predicted octanol–water partition coefficient (Wildman–Crippen LogP) is 6.39. The van der Waals surface area contributed by atoms with E-state index >= 15 is 0 Å². The molecule has 1 aromatic heterocycles. The van der Waals surface area contributed by atoms with Crippen molar-refractivity contribution in [2.24, 2.45) is 0 Å². The highest BCUT2D eigenvalue weighted by Gasteiger charge is 2.11. The second kappa shape index (κ2) is 14.8. The molecule has 1 unspecified atom stereocenters. The van der Waals surface area contributed by atoms with E-state index in [9.17, 15) is 0 Å². The van der Waals surface area contributed by atoms with Gasteiger partial charge in [0.25, 0.3) is 0 Å². The van der Waals surface area contributed by atoms with Gasteiger partial charge in [-0.2, -0.15) is 0 Å². The second-order valence-corrected chi connectivity index (χ2v) is 8.28. The summed E-state index contributed by atoms with van der Waals surface area (Å²) < 4.78 is 15.2. The molecule has 0 radical (unpaired) electrons. The van der Waals surface area contributed by atoms with Crippen molar-refractivity contribution >= 4 is 15.9 Å². The number of ether oxygens (including phenoxy) is 2. The zero-order valence-electron chi connectivity index (χ0n) is 17.2. The first-order chi connectivity index (χ1) is 13.8. The maximum Gasteiger partial charge on any atom is 0.0987 e. The van der Waals surface area contributed by atoms with E-state index < -0.39 is 0 Å². The van der Waals surface area contributed by atoms with Crippen molar-refractivity contribution < 1.29 is 9.47 Å². The number of nitrogens with zero attached hydrogens (tertiary/aromatic N) is 2. The highest BCUT2D eigenvalue weighted by atomic mass is 79.9. The minimum absolute atomic E-state index is 0.0502. The molecule has 2 rings (SSSR count). The number of benzene rings is 1. The SMILES string of the molecule is CCCCCCCCCCOC(COCc1ccc(Br)cc1)Cn1ccnc1. The lowest BCUT2D eigenvalue weighted by atomic mass is 10.1. The van der Waals surface area contributed by atoms with Crippen LogP contribution in [0.15, 0.2) is 47.5 Å². The summed E-state index contributed by atoms with van der Waals surface area (Å²) in [6.07, 6.45) is 16.2. The number of hydrogen-bond donors (Lipinski definition) is 0. The third-order valence-electron chi connectivity index (χ3n) is 4.81. The number of aromatic nitrogens is 2. The summed E-state index contributed by atoms with van der Waals surface area (Å²) in [6.45, 7) is 5.04. The van der Waals surface area contributed by atoms with Gasteiger partial charge in [0.15, 0.2) is 0 Å². The van der Waals surface area contributed by atoms with Crippen molar-refractivity contribution in [2.45, 2.75) is 77.5 Å². The van der Waals surface area contributed by atoms with Crippen molar-refractivity contribution in [3.63, 3.8) is 0 Å². The van der Waals surface area contributed by atoms with Gasteiger partial charge < -0.3 is 14.0 Å². The van der Waals surface area contributed by atoms with Crippen LogP contribution in [0.5, 0.6) is 0 Å². The highest BCUT2D eigenvalue weighted by Crippen LogP contribution is 2.12. The molecule has 0 saturated carbocycles. The van der Waals surface area contributed by atoms with Gasteiger partial charge in [-0.1, -0.05) is 79.9 Å². The maximum absolute atomic E-state index is 6.14. The van der Waals surface area contributed by atoms with Crippen LogP contribution in [0.1, 0.15) is 63.9 Å². The smallest absolute Gasteiger partial charge is 0.0987 e. The van der Waals surface area contributed by atoms with E-state index in [-0.39, 0.29) is 6.10 Å². The second-order valence-electron chi connectivity index (χ2n) is 7.37. The molecule has 0 saturated heterocycles. The maximum atomic E-state index is 6.14. The van der Waals surface area contributed by atoms with Crippen LogP contribution < -0.4 is 0 Å². The fourth-order valence-electron chi connectivity index (χ4n) is 3.16. The zero-order chi connectivity index (χ0) is 19.9. The van der Waals surface area contributed by atoms with Gasteiger partial charge in [-0.3, -0.25) is 0 Å². The molecule has 0 aliphatic carbocycles. The first-order valence-electron chi connectivity index (χ1n) is 10.7. The third kappa shape index (κ3) is 10.4. The molecule has 2 aromatic rings. The topological polar surface area (TPSA) is 36.3 Å². The van der Waals surface area contributed by atoms with E-state index in [2.05, 4.69) is 44.5 Å². The quantitative estimate of drug-likeness (QED) is 0.278. The lowest BCUT2D eigenvalue weighted by molar-refractivity contribution is -0.0306. The lowest BCUT2D eigenvalue weighted by Crippen LogP contribution is -2.25. The Kier molecular flexibility index (Phi) is 12.2. The zero-order valence-corrected chi connectivity index (χ0v) is 18.8. The summed E-state index contributed by atoms with van der Waals surface area (Å²) in [7, 11) is 0. The predicted molar refractivity (Wildman–Crippen MR) is 118 cm³/mol. The molecule has 28 heavy (non-hydrogen) atoms. The summed E-state index contributed by atoms with van der Waals surface area (Å²) in [5, 5.41) is 0. The molecule has 1 aromatic carbocycles. The molecule has 0 spiro atoms.